The van der Waals surface area contributed by atoms with Crippen LogP contribution in [0, 0.1) is 0 Å². The fourth-order valence-electron chi connectivity index (χ4n) is 0.674. The van der Waals surface area contributed by atoms with Crippen molar-refractivity contribution in [1.82, 2.24) is 9.44 Å². The molecule has 0 heterocycles. The lowest BCUT2D eigenvalue weighted by Crippen LogP contribution is -2.45. The Morgan fingerprint density at radius 1 is 1.40 bits per heavy atom. The number of ether oxygens (including phenoxy) is 1. The molecule has 0 aliphatic heterocycles. The van der Waals surface area contributed by atoms with Crippen molar-refractivity contribution in [3.05, 3.63) is 0 Å². The molecule has 0 spiro atoms. The number of carbonyl (C=O) groups excluding carboxylic acids is 1. The minimum atomic E-state index is -3.90. The number of nitrogens with one attached hydrogen (secondary N) is 2. The van der Waals surface area contributed by atoms with Gasteiger partial charge in [0.15, 0.2) is 0 Å². The predicted molar refractivity (Wildman–Crippen MR) is 57.0 cm³/mol. The summed E-state index contributed by atoms with van der Waals surface area (Å²) in [6, 6.07) is -0.462. The number of carbonyl (C=O) groups is 1. The Bertz CT molecular complexity index is 304. The highest BCUT2D eigenvalue weighted by atomic mass is 35.5. The van der Waals surface area contributed by atoms with E-state index in [9.17, 15) is 13.2 Å². The molecule has 1 atom stereocenters. The second-order valence-corrected chi connectivity index (χ2v) is 4.99. The third kappa shape index (κ3) is 7.40. The summed E-state index contributed by atoms with van der Waals surface area (Å²) in [5.74, 6) is 0.111. The molecule has 0 fully saturated rings. The summed E-state index contributed by atoms with van der Waals surface area (Å²) in [6.07, 6.45) is -1.40. The molecule has 8 heteroatoms. The lowest BCUT2D eigenvalue weighted by molar-refractivity contribution is 0.121. The summed E-state index contributed by atoms with van der Waals surface area (Å²) in [7, 11) is -3.90. The highest BCUT2D eigenvalue weighted by Gasteiger charge is 2.18. The Labute approximate surface area is 94.5 Å². The van der Waals surface area contributed by atoms with E-state index in [-0.39, 0.29) is 12.0 Å². The zero-order valence-corrected chi connectivity index (χ0v) is 10.4. The topological polar surface area (TPSA) is 84.5 Å². The standard InChI is InChI=1S/C7H15ClN2O4S/c1-5(2)14-7(11)10-15(12,13)9-6(3)4-8/h5-6,9H,4H2,1-3H3,(H,10,11). The second-order valence-electron chi connectivity index (χ2n) is 3.23. The summed E-state index contributed by atoms with van der Waals surface area (Å²) < 4.78 is 30.9. The Balaban J connectivity index is 4.20. The van der Waals surface area contributed by atoms with Crippen molar-refractivity contribution in [3.8, 4) is 0 Å². The molecule has 0 bridgehead atoms. The van der Waals surface area contributed by atoms with Crippen LogP contribution in [-0.4, -0.2) is 32.5 Å². The summed E-state index contributed by atoms with van der Waals surface area (Å²) >= 11 is 5.41. The zero-order valence-electron chi connectivity index (χ0n) is 8.78. The van der Waals surface area contributed by atoms with E-state index in [1.807, 2.05) is 0 Å². The highest BCUT2D eigenvalue weighted by Crippen LogP contribution is 1.92. The van der Waals surface area contributed by atoms with Crippen LogP contribution in [0.4, 0.5) is 4.79 Å². The first kappa shape index (κ1) is 14.5. The van der Waals surface area contributed by atoms with Gasteiger partial charge in [0.2, 0.25) is 0 Å². The molecule has 2 N–H and O–H groups in total. The number of hydrogen-bond acceptors (Lipinski definition) is 4. The van der Waals surface area contributed by atoms with Gasteiger partial charge in [-0.05, 0) is 20.8 Å². The van der Waals surface area contributed by atoms with E-state index in [0.29, 0.717) is 0 Å². The van der Waals surface area contributed by atoms with Gasteiger partial charge >= 0.3 is 16.3 Å². The third-order valence-electron chi connectivity index (χ3n) is 1.15. The maximum absolute atomic E-state index is 11.2. The SMILES string of the molecule is CC(CCl)NS(=O)(=O)NC(=O)OC(C)C. The van der Waals surface area contributed by atoms with Gasteiger partial charge in [-0.2, -0.15) is 13.1 Å². The molecule has 6 nitrogen and oxygen atoms in total. The van der Waals surface area contributed by atoms with Crippen molar-refractivity contribution in [1.29, 1.82) is 0 Å². The second kappa shape index (κ2) is 6.14. The lowest BCUT2D eigenvalue weighted by atomic mass is 10.4. The molecule has 90 valence electrons. The Morgan fingerprint density at radius 2 is 1.93 bits per heavy atom. The van der Waals surface area contributed by atoms with Gasteiger partial charge in [-0.3, -0.25) is 0 Å². The van der Waals surface area contributed by atoms with E-state index in [1.165, 1.54) is 0 Å². The molecule has 0 aromatic heterocycles. The van der Waals surface area contributed by atoms with Gasteiger partial charge < -0.3 is 4.74 Å². The fraction of sp³-hybridized carbons (Fsp3) is 0.857. The van der Waals surface area contributed by atoms with Gasteiger partial charge in [-0.15, -0.1) is 11.6 Å². The molecule has 0 rings (SSSR count). The summed E-state index contributed by atoms with van der Waals surface area (Å²) in [4.78, 5) is 11.0. The van der Waals surface area contributed by atoms with Gasteiger partial charge in [0.25, 0.3) is 0 Å². The molecular formula is C7H15ClN2O4S. The van der Waals surface area contributed by atoms with Gasteiger partial charge in [0, 0.05) is 11.9 Å². The van der Waals surface area contributed by atoms with Crippen LogP contribution in [-0.2, 0) is 14.9 Å². The number of alkyl halides is 1. The van der Waals surface area contributed by atoms with Crippen LogP contribution in [0.5, 0.6) is 0 Å². The molecule has 0 aliphatic rings. The number of halogens is 1. The van der Waals surface area contributed by atoms with Crippen LogP contribution >= 0.6 is 11.6 Å². The van der Waals surface area contributed by atoms with Crippen LogP contribution < -0.4 is 9.44 Å². The largest absolute Gasteiger partial charge is 0.446 e. The number of rotatable bonds is 5. The molecule has 0 saturated carbocycles. The molecule has 0 saturated heterocycles. The van der Waals surface area contributed by atoms with Gasteiger partial charge in [0.05, 0.1) is 6.10 Å². The molecule has 15 heavy (non-hydrogen) atoms. The minimum Gasteiger partial charge on any atom is -0.446 e. The van der Waals surface area contributed by atoms with Crippen LogP contribution in [0.15, 0.2) is 0 Å². The molecule has 1 amide bonds. The quantitative estimate of drug-likeness (QED) is 0.707. The van der Waals surface area contributed by atoms with Crippen LogP contribution in [0.2, 0.25) is 0 Å². The van der Waals surface area contributed by atoms with Crippen LogP contribution in [0.3, 0.4) is 0 Å². The van der Waals surface area contributed by atoms with Crippen molar-refractivity contribution in [2.75, 3.05) is 5.88 Å². The lowest BCUT2D eigenvalue weighted by Gasteiger charge is -2.13. The van der Waals surface area contributed by atoms with E-state index in [0.717, 1.165) is 0 Å². The van der Waals surface area contributed by atoms with Gasteiger partial charge in [-0.25, -0.2) is 9.52 Å². The average molecular weight is 259 g/mol. The normalized spacial score (nSPS) is 13.7. The van der Waals surface area contributed by atoms with Gasteiger partial charge in [-0.1, -0.05) is 0 Å². The fourth-order valence-corrected chi connectivity index (χ4v) is 1.78. The van der Waals surface area contributed by atoms with Crippen molar-refractivity contribution >= 4 is 27.9 Å². The minimum absolute atomic E-state index is 0.111. The monoisotopic (exact) mass is 258 g/mol. The Hall–Kier alpha value is -0.530. The zero-order chi connectivity index (χ0) is 12.1. The van der Waals surface area contributed by atoms with E-state index in [1.54, 1.807) is 25.5 Å². The van der Waals surface area contributed by atoms with Gasteiger partial charge in [0.1, 0.15) is 0 Å². The molecule has 1 unspecified atom stereocenters. The van der Waals surface area contributed by atoms with Crippen LogP contribution in [0.1, 0.15) is 20.8 Å². The van der Waals surface area contributed by atoms with Crippen molar-refractivity contribution in [2.24, 2.45) is 0 Å². The highest BCUT2D eigenvalue weighted by molar-refractivity contribution is 7.88. The summed E-state index contributed by atoms with van der Waals surface area (Å²) in [6.45, 7) is 4.79. The van der Waals surface area contributed by atoms with E-state index < -0.39 is 22.3 Å². The molecule has 0 radical (unpaired) electrons. The molecular weight excluding hydrogens is 244 g/mol. The summed E-state index contributed by atoms with van der Waals surface area (Å²) in [5, 5.41) is 0. The molecule has 0 aromatic rings. The Morgan fingerprint density at radius 3 is 2.33 bits per heavy atom. The van der Waals surface area contributed by atoms with Crippen molar-refractivity contribution < 1.29 is 17.9 Å². The number of hydrogen-bond donors (Lipinski definition) is 2. The predicted octanol–water partition coefficient (Wildman–Crippen LogP) is 0.583. The smallest absolute Gasteiger partial charge is 0.422 e. The van der Waals surface area contributed by atoms with Crippen molar-refractivity contribution in [3.63, 3.8) is 0 Å². The molecule has 0 aromatic carbocycles. The summed E-state index contributed by atoms with van der Waals surface area (Å²) in [5.41, 5.74) is 0. The molecule has 0 aliphatic carbocycles. The van der Waals surface area contributed by atoms with E-state index >= 15 is 0 Å². The number of amides is 1. The first-order valence-corrected chi connectivity index (χ1v) is 6.35. The first-order valence-electron chi connectivity index (χ1n) is 4.33. The van der Waals surface area contributed by atoms with E-state index in [4.69, 9.17) is 11.6 Å². The van der Waals surface area contributed by atoms with Crippen molar-refractivity contribution in [2.45, 2.75) is 32.9 Å². The first-order chi connectivity index (χ1) is 6.76. The van der Waals surface area contributed by atoms with Crippen LogP contribution in [0.25, 0.3) is 0 Å². The van der Waals surface area contributed by atoms with E-state index in [2.05, 4.69) is 9.46 Å². The average Bonchev–Trinajstić information content (AvgIpc) is 1.99. The maximum atomic E-state index is 11.2. The third-order valence-corrected chi connectivity index (χ3v) is 2.76. The maximum Gasteiger partial charge on any atom is 0.422 e. The Kier molecular flexibility index (Phi) is 5.92.